The van der Waals surface area contributed by atoms with Crippen LogP contribution in [0.15, 0.2) is 79.0 Å². The summed E-state index contributed by atoms with van der Waals surface area (Å²) in [5.74, 6) is 0. The van der Waals surface area contributed by atoms with Gasteiger partial charge in [0.25, 0.3) is 0 Å². The molecule has 0 unspecified atom stereocenters. The van der Waals surface area contributed by atoms with Crippen molar-refractivity contribution >= 4 is 13.4 Å². The number of benzene rings is 2. The molecule has 1 aromatic heterocycles. The Morgan fingerprint density at radius 2 is 1.43 bits per heavy atom. The van der Waals surface area contributed by atoms with Crippen molar-refractivity contribution in [1.82, 2.24) is 4.98 Å². The molecule has 0 amide bonds. The average molecular weight is 318 g/mol. The van der Waals surface area contributed by atoms with Crippen molar-refractivity contribution in [3.05, 3.63) is 84.6 Å². The van der Waals surface area contributed by atoms with E-state index in [1.807, 2.05) is 6.20 Å². The largest absolute Gasteiger partial charge is 0.266 e. The Morgan fingerprint density at radius 1 is 0.783 bits per heavy atom. The first-order valence-corrected chi connectivity index (χ1v) is 11.4. The van der Waals surface area contributed by atoms with Gasteiger partial charge in [0.15, 0.2) is 0 Å². The summed E-state index contributed by atoms with van der Waals surface area (Å²) in [5, 5.41) is 1.30. The molecule has 0 saturated carbocycles. The van der Waals surface area contributed by atoms with Gasteiger partial charge in [-0.15, -0.1) is 0 Å². The molecule has 1 nitrogen and oxygen atoms in total. The number of aryl methyl sites for hydroxylation is 1. The highest BCUT2D eigenvalue weighted by Crippen LogP contribution is 2.19. The summed E-state index contributed by atoms with van der Waals surface area (Å²) in [6.07, 6.45) is 3.10. The van der Waals surface area contributed by atoms with Crippen molar-refractivity contribution in [1.29, 1.82) is 0 Å². The van der Waals surface area contributed by atoms with E-state index in [2.05, 4.69) is 85.9 Å². The van der Waals surface area contributed by atoms with Crippen molar-refractivity contribution in [2.24, 2.45) is 0 Å². The summed E-state index contributed by atoms with van der Waals surface area (Å²) in [5.41, 5.74) is 3.96. The van der Waals surface area contributed by atoms with Crippen LogP contribution in [0.3, 0.4) is 0 Å². The fourth-order valence-electron chi connectivity index (χ4n) is 2.84. The first-order valence-electron chi connectivity index (χ1n) is 8.21. The standard InChI is InChI=1S/C21H23NSi/c1-23(2,16-14-18-9-5-3-6-10-18)21-17-20(13-15-22-21)19-11-7-4-8-12-19/h3-13,15,17H,14,16H2,1-2H3. The maximum atomic E-state index is 4.71. The first kappa shape index (κ1) is 15.7. The molecule has 0 saturated heterocycles. The highest BCUT2D eigenvalue weighted by atomic mass is 28.3. The summed E-state index contributed by atoms with van der Waals surface area (Å²) < 4.78 is 0. The quantitative estimate of drug-likeness (QED) is 0.610. The van der Waals surface area contributed by atoms with E-state index in [-0.39, 0.29) is 0 Å². The lowest BCUT2D eigenvalue weighted by Gasteiger charge is -2.22. The smallest absolute Gasteiger partial charge is 0.105 e. The molecule has 2 heteroatoms. The Labute approximate surface area is 140 Å². The maximum absolute atomic E-state index is 4.71. The number of aromatic nitrogens is 1. The highest BCUT2D eigenvalue weighted by Gasteiger charge is 2.25. The summed E-state index contributed by atoms with van der Waals surface area (Å²) >= 11 is 0. The monoisotopic (exact) mass is 317 g/mol. The van der Waals surface area contributed by atoms with Crippen LogP contribution in [0.4, 0.5) is 0 Å². The number of hydrogen-bond acceptors (Lipinski definition) is 1. The van der Waals surface area contributed by atoms with E-state index in [4.69, 9.17) is 4.98 Å². The molecule has 23 heavy (non-hydrogen) atoms. The average Bonchev–Trinajstić information content (AvgIpc) is 2.62. The number of rotatable bonds is 5. The fourth-order valence-corrected chi connectivity index (χ4v) is 4.98. The maximum Gasteiger partial charge on any atom is 0.105 e. The van der Waals surface area contributed by atoms with Crippen LogP contribution in [0, 0.1) is 0 Å². The number of nitrogens with zero attached hydrogens (tertiary/aromatic N) is 1. The third-order valence-corrected chi connectivity index (χ3v) is 7.60. The third kappa shape index (κ3) is 3.96. The summed E-state index contributed by atoms with van der Waals surface area (Å²) in [6.45, 7) is 4.85. The predicted molar refractivity (Wildman–Crippen MR) is 102 cm³/mol. The minimum atomic E-state index is -1.54. The fraction of sp³-hybridized carbons (Fsp3) is 0.190. The molecule has 0 aliphatic carbocycles. The van der Waals surface area contributed by atoms with E-state index < -0.39 is 8.07 Å². The van der Waals surface area contributed by atoms with Gasteiger partial charge < -0.3 is 0 Å². The van der Waals surface area contributed by atoms with E-state index in [1.165, 1.54) is 28.1 Å². The van der Waals surface area contributed by atoms with Gasteiger partial charge in [-0.3, -0.25) is 4.98 Å². The Bertz CT molecular complexity index is 751. The Hall–Kier alpha value is -2.19. The molecule has 0 radical (unpaired) electrons. The zero-order valence-corrected chi connectivity index (χ0v) is 14.9. The van der Waals surface area contributed by atoms with Crippen LogP contribution in [0.5, 0.6) is 0 Å². The van der Waals surface area contributed by atoms with Crippen molar-refractivity contribution in [3.8, 4) is 11.1 Å². The van der Waals surface area contributed by atoms with Crippen LogP contribution in [0.2, 0.25) is 19.1 Å². The van der Waals surface area contributed by atoms with Crippen LogP contribution in [0.1, 0.15) is 5.56 Å². The van der Waals surface area contributed by atoms with Gasteiger partial charge >= 0.3 is 0 Å². The van der Waals surface area contributed by atoms with Gasteiger partial charge in [-0.1, -0.05) is 73.8 Å². The lowest BCUT2D eigenvalue weighted by molar-refractivity contribution is 1.09. The molecule has 0 atom stereocenters. The molecule has 0 spiro atoms. The Kier molecular flexibility index (Phi) is 4.72. The zero-order chi connectivity index (χ0) is 16.1. The van der Waals surface area contributed by atoms with Crippen LogP contribution in [0.25, 0.3) is 11.1 Å². The summed E-state index contributed by atoms with van der Waals surface area (Å²) in [6, 6.07) is 27.0. The molecule has 0 aliphatic rings. The predicted octanol–water partition coefficient (Wildman–Crippen LogP) is 4.91. The van der Waals surface area contributed by atoms with Gasteiger partial charge in [-0.25, -0.2) is 0 Å². The second kappa shape index (κ2) is 6.92. The molecule has 3 aromatic rings. The molecule has 3 rings (SSSR count). The lowest BCUT2D eigenvalue weighted by Crippen LogP contribution is -2.43. The number of hydrogen-bond donors (Lipinski definition) is 0. The van der Waals surface area contributed by atoms with Gasteiger partial charge in [-0.05, 0) is 41.3 Å². The molecule has 0 aliphatic heterocycles. The highest BCUT2D eigenvalue weighted by molar-refractivity contribution is 6.89. The zero-order valence-electron chi connectivity index (χ0n) is 13.9. The topological polar surface area (TPSA) is 12.9 Å². The second-order valence-corrected chi connectivity index (χ2v) is 11.4. The first-order chi connectivity index (χ1) is 11.1. The molecule has 1 heterocycles. The van der Waals surface area contributed by atoms with E-state index in [1.54, 1.807) is 0 Å². The summed E-state index contributed by atoms with van der Waals surface area (Å²) in [4.78, 5) is 4.71. The van der Waals surface area contributed by atoms with Crippen molar-refractivity contribution in [2.75, 3.05) is 0 Å². The van der Waals surface area contributed by atoms with Gasteiger partial charge in [-0.2, -0.15) is 0 Å². The van der Waals surface area contributed by atoms with E-state index >= 15 is 0 Å². The van der Waals surface area contributed by atoms with Crippen LogP contribution in [-0.2, 0) is 6.42 Å². The van der Waals surface area contributed by atoms with Crippen LogP contribution in [-0.4, -0.2) is 13.1 Å². The molecule has 0 bridgehead atoms. The molecule has 116 valence electrons. The molecular formula is C21H23NSi. The van der Waals surface area contributed by atoms with Crippen molar-refractivity contribution in [2.45, 2.75) is 25.6 Å². The normalized spacial score (nSPS) is 11.4. The van der Waals surface area contributed by atoms with Gasteiger partial charge in [0, 0.05) is 11.5 Å². The van der Waals surface area contributed by atoms with Gasteiger partial charge in [0.1, 0.15) is 8.07 Å². The number of pyridine rings is 1. The lowest BCUT2D eigenvalue weighted by atomic mass is 10.1. The van der Waals surface area contributed by atoms with E-state index in [0.717, 1.165) is 6.42 Å². The summed E-state index contributed by atoms with van der Waals surface area (Å²) in [7, 11) is -1.54. The second-order valence-electron chi connectivity index (χ2n) is 6.67. The minimum Gasteiger partial charge on any atom is -0.266 e. The van der Waals surface area contributed by atoms with E-state index in [9.17, 15) is 0 Å². The van der Waals surface area contributed by atoms with Crippen LogP contribution >= 0.6 is 0 Å². The molecule has 0 fully saturated rings. The van der Waals surface area contributed by atoms with Crippen molar-refractivity contribution < 1.29 is 0 Å². The Morgan fingerprint density at radius 3 is 2.13 bits per heavy atom. The van der Waals surface area contributed by atoms with Gasteiger partial charge in [0.2, 0.25) is 0 Å². The van der Waals surface area contributed by atoms with E-state index in [0.29, 0.717) is 0 Å². The van der Waals surface area contributed by atoms with Crippen LogP contribution < -0.4 is 5.32 Å². The third-order valence-electron chi connectivity index (χ3n) is 4.44. The molecule has 0 N–H and O–H groups in total. The molecule has 2 aromatic carbocycles. The minimum absolute atomic E-state index is 1.14. The van der Waals surface area contributed by atoms with Crippen molar-refractivity contribution in [3.63, 3.8) is 0 Å². The molecular weight excluding hydrogens is 294 g/mol. The van der Waals surface area contributed by atoms with Gasteiger partial charge in [0.05, 0.1) is 0 Å². The Balaban J connectivity index is 1.80. The SMILES string of the molecule is C[Si](C)(CCc1ccccc1)c1cc(-c2ccccc2)ccn1.